The molecule has 0 aliphatic carbocycles. The van der Waals surface area contributed by atoms with E-state index in [1.165, 1.54) is 6.26 Å². The number of carbonyl (C=O) groups excluding carboxylic acids is 2. The zero-order chi connectivity index (χ0) is 21.3. The third kappa shape index (κ3) is 5.42. The second-order valence-corrected chi connectivity index (χ2v) is 6.85. The molecular formula is C22H27N3O5. The second kappa shape index (κ2) is 10.5. The zero-order valence-corrected chi connectivity index (χ0v) is 17.3. The number of methoxy groups -OCH3 is 1. The van der Waals surface area contributed by atoms with Crippen LogP contribution in [-0.4, -0.2) is 48.1 Å². The molecule has 0 fully saturated rings. The van der Waals surface area contributed by atoms with Crippen molar-refractivity contribution in [1.82, 2.24) is 14.8 Å². The van der Waals surface area contributed by atoms with Gasteiger partial charge in [0, 0.05) is 32.1 Å². The van der Waals surface area contributed by atoms with Gasteiger partial charge >= 0.3 is 0 Å². The first-order chi connectivity index (χ1) is 14.6. The lowest BCUT2D eigenvalue weighted by molar-refractivity contribution is 0.0707. The van der Waals surface area contributed by atoms with Gasteiger partial charge in [0.25, 0.3) is 11.8 Å². The number of hydrogen-bond donors (Lipinski definition) is 1. The summed E-state index contributed by atoms with van der Waals surface area (Å²) >= 11 is 0. The maximum Gasteiger partial charge on any atom is 0.289 e. The smallest absolute Gasteiger partial charge is 0.289 e. The Balaban J connectivity index is 1.66. The van der Waals surface area contributed by atoms with Crippen LogP contribution in [0.15, 0.2) is 57.7 Å². The van der Waals surface area contributed by atoms with E-state index in [4.69, 9.17) is 13.6 Å². The topological polar surface area (TPSA) is 89.9 Å². The van der Waals surface area contributed by atoms with Crippen LogP contribution >= 0.6 is 0 Å². The van der Waals surface area contributed by atoms with Crippen molar-refractivity contribution >= 4 is 11.8 Å². The van der Waals surface area contributed by atoms with Gasteiger partial charge in [-0.05, 0) is 42.8 Å². The first-order valence-electron chi connectivity index (χ1n) is 9.95. The van der Waals surface area contributed by atoms with Gasteiger partial charge in [0.2, 0.25) is 0 Å². The predicted octanol–water partition coefficient (Wildman–Crippen LogP) is 3.15. The number of rotatable bonds is 11. The van der Waals surface area contributed by atoms with E-state index in [2.05, 4.69) is 5.32 Å². The first kappa shape index (κ1) is 21.4. The van der Waals surface area contributed by atoms with Crippen molar-refractivity contribution < 1.29 is 23.2 Å². The number of ether oxygens (including phenoxy) is 1. The SMILES string of the molecule is CCCN(Cc1cccn1Cc1ccc(C(=O)NCCOC)o1)C(=O)c1ccco1. The van der Waals surface area contributed by atoms with Gasteiger partial charge in [-0.25, -0.2) is 0 Å². The molecule has 30 heavy (non-hydrogen) atoms. The Morgan fingerprint density at radius 1 is 1.17 bits per heavy atom. The van der Waals surface area contributed by atoms with Crippen LogP contribution in [0.25, 0.3) is 0 Å². The summed E-state index contributed by atoms with van der Waals surface area (Å²) in [5, 5.41) is 2.73. The standard InChI is InChI=1S/C22H27N3O5/c1-3-11-25(22(27)20-7-5-13-29-20)15-17-6-4-12-24(17)16-18-8-9-19(30-18)21(26)23-10-14-28-2/h4-9,12-13H,3,10-11,14-16H2,1-2H3,(H,23,26). The maximum absolute atomic E-state index is 12.7. The summed E-state index contributed by atoms with van der Waals surface area (Å²) < 4.78 is 17.9. The fourth-order valence-corrected chi connectivity index (χ4v) is 3.13. The Morgan fingerprint density at radius 3 is 2.77 bits per heavy atom. The molecule has 0 aliphatic heterocycles. The van der Waals surface area contributed by atoms with Crippen LogP contribution in [0.1, 0.15) is 45.9 Å². The van der Waals surface area contributed by atoms with E-state index in [0.29, 0.717) is 44.3 Å². The van der Waals surface area contributed by atoms with E-state index in [1.54, 1.807) is 36.3 Å². The van der Waals surface area contributed by atoms with E-state index in [9.17, 15) is 9.59 Å². The number of carbonyl (C=O) groups is 2. The summed E-state index contributed by atoms with van der Waals surface area (Å²) in [5.41, 5.74) is 0.964. The fraction of sp³-hybridized carbons (Fsp3) is 0.364. The molecule has 0 spiro atoms. The van der Waals surface area contributed by atoms with E-state index >= 15 is 0 Å². The lowest BCUT2D eigenvalue weighted by atomic mass is 10.3. The Labute approximate surface area is 175 Å². The summed E-state index contributed by atoms with van der Waals surface area (Å²) in [5.74, 6) is 0.836. The molecule has 1 N–H and O–H groups in total. The zero-order valence-electron chi connectivity index (χ0n) is 17.3. The van der Waals surface area contributed by atoms with Gasteiger partial charge in [-0.15, -0.1) is 0 Å². The van der Waals surface area contributed by atoms with Crippen molar-refractivity contribution in [3.8, 4) is 0 Å². The number of aromatic nitrogens is 1. The Morgan fingerprint density at radius 2 is 2.03 bits per heavy atom. The van der Waals surface area contributed by atoms with Crippen LogP contribution in [0.5, 0.6) is 0 Å². The van der Waals surface area contributed by atoms with E-state index in [-0.39, 0.29) is 17.6 Å². The van der Waals surface area contributed by atoms with Crippen LogP contribution in [0.2, 0.25) is 0 Å². The van der Waals surface area contributed by atoms with Gasteiger partial charge in [-0.3, -0.25) is 9.59 Å². The summed E-state index contributed by atoms with van der Waals surface area (Å²) in [4.78, 5) is 26.6. The van der Waals surface area contributed by atoms with Gasteiger partial charge in [0.1, 0.15) is 5.76 Å². The molecule has 3 heterocycles. The van der Waals surface area contributed by atoms with Crippen LogP contribution < -0.4 is 5.32 Å². The van der Waals surface area contributed by atoms with Crippen LogP contribution in [0, 0.1) is 0 Å². The molecular weight excluding hydrogens is 386 g/mol. The highest BCUT2D eigenvalue weighted by atomic mass is 16.5. The molecule has 3 aromatic heterocycles. The normalized spacial score (nSPS) is 10.9. The number of nitrogens with zero attached hydrogens (tertiary/aromatic N) is 2. The molecule has 0 aliphatic rings. The quantitative estimate of drug-likeness (QED) is 0.488. The monoisotopic (exact) mass is 413 g/mol. The fourth-order valence-electron chi connectivity index (χ4n) is 3.13. The molecule has 8 nitrogen and oxygen atoms in total. The van der Waals surface area contributed by atoms with E-state index in [1.807, 2.05) is 29.8 Å². The largest absolute Gasteiger partial charge is 0.459 e. The Hall–Kier alpha value is -3.26. The first-order valence-corrected chi connectivity index (χ1v) is 9.95. The molecule has 3 aromatic rings. The molecule has 0 bridgehead atoms. The van der Waals surface area contributed by atoms with Gasteiger partial charge in [0.15, 0.2) is 11.5 Å². The molecule has 0 aromatic carbocycles. The highest BCUT2D eigenvalue weighted by Gasteiger charge is 2.19. The van der Waals surface area contributed by atoms with Crippen molar-refractivity contribution in [2.75, 3.05) is 26.8 Å². The average Bonchev–Trinajstić information content (AvgIpc) is 3.50. The Bertz CT molecular complexity index is 942. The molecule has 2 amide bonds. The summed E-state index contributed by atoms with van der Waals surface area (Å²) in [6, 6.07) is 10.7. The molecule has 0 radical (unpaired) electrons. The number of nitrogens with one attached hydrogen (secondary N) is 1. The molecule has 8 heteroatoms. The minimum atomic E-state index is -0.274. The van der Waals surface area contributed by atoms with Gasteiger partial charge in [-0.1, -0.05) is 6.92 Å². The summed E-state index contributed by atoms with van der Waals surface area (Å²) in [7, 11) is 1.58. The molecule has 0 atom stereocenters. The van der Waals surface area contributed by atoms with E-state index in [0.717, 1.165) is 12.1 Å². The van der Waals surface area contributed by atoms with Crippen molar-refractivity contribution in [3.63, 3.8) is 0 Å². The van der Waals surface area contributed by atoms with Gasteiger partial charge in [-0.2, -0.15) is 0 Å². The van der Waals surface area contributed by atoms with Crippen molar-refractivity contribution in [1.29, 1.82) is 0 Å². The molecule has 160 valence electrons. The average molecular weight is 413 g/mol. The second-order valence-electron chi connectivity index (χ2n) is 6.85. The lowest BCUT2D eigenvalue weighted by Gasteiger charge is -2.22. The molecule has 0 saturated heterocycles. The van der Waals surface area contributed by atoms with Gasteiger partial charge in [0.05, 0.1) is 26.0 Å². The predicted molar refractivity (Wildman–Crippen MR) is 110 cm³/mol. The number of amides is 2. The Kier molecular flexibility index (Phi) is 7.51. The summed E-state index contributed by atoms with van der Waals surface area (Å²) in [6.07, 6.45) is 4.27. The molecule has 0 unspecified atom stereocenters. The number of furan rings is 2. The summed E-state index contributed by atoms with van der Waals surface area (Å²) in [6.45, 7) is 4.43. The highest BCUT2D eigenvalue weighted by molar-refractivity contribution is 5.91. The van der Waals surface area contributed by atoms with Crippen LogP contribution in [-0.2, 0) is 17.8 Å². The number of hydrogen-bond acceptors (Lipinski definition) is 5. The van der Waals surface area contributed by atoms with Crippen molar-refractivity contribution in [2.45, 2.75) is 26.4 Å². The lowest BCUT2D eigenvalue weighted by Crippen LogP contribution is -2.31. The van der Waals surface area contributed by atoms with Gasteiger partial charge < -0.3 is 28.4 Å². The molecule has 0 saturated carbocycles. The molecule has 3 rings (SSSR count). The third-order valence-electron chi connectivity index (χ3n) is 4.59. The minimum absolute atomic E-state index is 0.136. The van der Waals surface area contributed by atoms with Crippen LogP contribution in [0.3, 0.4) is 0 Å². The highest BCUT2D eigenvalue weighted by Crippen LogP contribution is 2.15. The minimum Gasteiger partial charge on any atom is -0.459 e. The van der Waals surface area contributed by atoms with Crippen molar-refractivity contribution in [2.24, 2.45) is 0 Å². The van der Waals surface area contributed by atoms with Crippen LogP contribution in [0.4, 0.5) is 0 Å². The maximum atomic E-state index is 12.7. The van der Waals surface area contributed by atoms with E-state index < -0.39 is 0 Å². The third-order valence-corrected chi connectivity index (χ3v) is 4.59. The van der Waals surface area contributed by atoms with Crippen molar-refractivity contribution in [3.05, 3.63) is 71.8 Å².